The zero-order valence-electron chi connectivity index (χ0n) is 14.4. The molecule has 1 aliphatic rings. The van der Waals surface area contributed by atoms with Crippen LogP contribution in [0.4, 0.5) is 0 Å². The SMILES string of the molecule is CCc1ccc(CNC2CCC(C(C)(C)CC)CC2)cc1. The Balaban J connectivity index is 1.76. The highest BCUT2D eigenvalue weighted by molar-refractivity contribution is 5.22. The Bertz CT molecular complexity index is 410. The lowest BCUT2D eigenvalue weighted by molar-refractivity contribution is 0.137. The third-order valence-electron chi connectivity index (χ3n) is 5.77. The summed E-state index contributed by atoms with van der Waals surface area (Å²) in [5.41, 5.74) is 3.38. The van der Waals surface area contributed by atoms with Gasteiger partial charge in [-0.25, -0.2) is 0 Å². The van der Waals surface area contributed by atoms with Crippen LogP contribution in [0.25, 0.3) is 0 Å². The highest BCUT2D eigenvalue weighted by Gasteiger charge is 2.31. The van der Waals surface area contributed by atoms with Gasteiger partial charge in [-0.2, -0.15) is 0 Å². The molecule has 0 aliphatic heterocycles. The summed E-state index contributed by atoms with van der Waals surface area (Å²) >= 11 is 0. The fraction of sp³-hybridized carbons (Fsp3) is 0.700. The van der Waals surface area contributed by atoms with E-state index in [-0.39, 0.29) is 0 Å². The minimum atomic E-state index is 0.529. The van der Waals surface area contributed by atoms with Gasteiger partial charge in [0, 0.05) is 12.6 Å². The van der Waals surface area contributed by atoms with Gasteiger partial charge in [-0.15, -0.1) is 0 Å². The van der Waals surface area contributed by atoms with Crippen molar-refractivity contribution < 1.29 is 0 Å². The molecule has 0 bridgehead atoms. The molecule has 0 unspecified atom stereocenters. The van der Waals surface area contributed by atoms with Crippen LogP contribution in [-0.4, -0.2) is 6.04 Å². The first-order valence-corrected chi connectivity index (χ1v) is 8.86. The molecule has 1 fully saturated rings. The first-order valence-electron chi connectivity index (χ1n) is 8.86. The van der Waals surface area contributed by atoms with Gasteiger partial charge in [0.1, 0.15) is 0 Å². The van der Waals surface area contributed by atoms with Crippen LogP contribution >= 0.6 is 0 Å². The van der Waals surface area contributed by atoms with E-state index in [1.54, 1.807) is 0 Å². The number of hydrogen-bond acceptors (Lipinski definition) is 1. The lowest BCUT2D eigenvalue weighted by atomic mass is 9.69. The summed E-state index contributed by atoms with van der Waals surface area (Å²) in [7, 11) is 0. The average Bonchev–Trinajstić information content (AvgIpc) is 2.54. The molecule has 21 heavy (non-hydrogen) atoms. The molecule has 0 heterocycles. The largest absolute Gasteiger partial charge is 0.310 e. The fourth-order valence-corrected chi connectivity index (χ4v) is 3.52. The first kappa shape index (κ1) is 16.5. The predicted molar refractivity (Wildman–Crippen MR) is 92.5 cm³/mol. The molecule has 1 aliphatic carbocycles. The highest BCUT2D eigenvalue weighted by atomic mass is 14.9. The second-order valence-electron chi connectivity index (χ2n) is 7.44. The molecule has 0 atom stereocenters. The Labute approximate surface area is 131 Å². The van der Waals surface area contributed by atoms with E-state index in [9.17, 15) is 0 Å². The zero-order chi connectivity index (χ0) is 15.3. The number of aryl methyl sites for hydroxylation is 1. The van der Waals surface area contributed by atoms with Gasteiger partial charge in [0.2, 0.25) is 0 Å². The van der Waals surface area contributed by atoms with Gasteiger partial charge in [-0.3, -0.25) is 0 Å². The summed E-state index contributed by atoms with van der Waals surface area (Å²) < 4.78 is 0. The Hall–Kier alpha value is -0.820. The van der Waals surface area contributed by atoms with Crippen molar-refractivity contribution in [3.8, 4) is 0 Å². The average molecular weight is 287 g/mol. The minimum Gasteiger partial charge on any atom is -0.310 e. The fourth-order valence-electron chi connectivity index (χ4n) is 3.52. The molecule has 2 rings (SSSR count). The Morgan fingerprint density at radius 1 is 0.952 bits per heavy atom. The lowest BCUT2D eigenvalue weighted by Gasteiger charge is -2.39. The van der Waals surface area contributed by atoms with Crippen LogP contribution in [0, 0.1) is 11.3 Å². The maximum Gasteiger partial charge on any atom is 0.0208 e. The van der Waals surface area contributed by atoms with E-state index in [2.05, 4.69) is 57.3 Å². The number of hydrogen-bond donors (Lipinski definition) is 1. The van der Waals surface area contributed by atoms with Crippen LogP contribution in [0.5, 0.6) is 0 Å². The van der Waals surface area contributed by atoms with Gasteiger partial charge >= 0.3 is 0 Å². The maximum atomic E-state index is 3.77. The molecule has 0 amide bonds. The van der Waals surface area contributed by atoms with Crippen molar-refractivity contribution in [1.82, 2.24) is 5.32 Å². The van der Waals surface area contributed by atoms with E-state index in [0.717, 1.165) is 24.9 Å². The lowest BCUT2D eigenvalue weighted by Crippen LogP contribution is -2.36. The summed E-state index contributed by atoms with van der Waals surface area (Å²) in [6.45, 7) is 10.5. The number of nitrogens with one attached hydrogen (secondary N) is 1. The Morgan fingerprint density at radius 3 is 2.05 bits per heavy atom. The zero-order valence-corrected chi connectivity index (χ0v) is 14.4. The monoisotopic (exact) mass is 287 g/mol. The second kappa shape index (κ2) is 7.45. The molecular formula is C20H33N. The second-order valence-corrected chi connectivity index (χ2v) is 7.44. The summed E-state index contributed by atoms with van der Waals surface area (Å²) in [5, 5.41) is 3.77. The van der Waals surface area contributed by atoms with Gasteiger partial charge in [0.05, 0.1) is 0 Å². The highest BCUT2D eigenvalue weighted by Crippen LogP contribution is 2.40. The third-order valence-corrected chi connectivity index (χ3v) is 5.77. The van der Waals surface area contributed by atoms with Crippen molar-refractivity contribution >= 4 is 0 Å². The molecule has 1 heteroatoms. The van der Waals surface area contributed by atoms with Crippen molar-refractivity contribution in [2.75, 3.05) is 0 Å². The summed E-state index contributed by atoms with van der Waals surface area (Å²) in [6, 6.07) is 9.80. The van der Waals surface area contributed by atoms with Crippen LogP contribution in [0.3, 0.4) is 0 Å². The van der Waals surface area contributed by atoms with E-state index in [0.29, 0.717) is 5.41 Å². The van der Waals surface area contributed by atoms with Crippen molar-refractivity contribution in [3.05, 3.63) is 35.4 Å². The molecule has 0 spiro atoms. The molecule has 1 saturated carbocycles. The minimum absolute atomic E-state index is 0.529. The molecular weight excluding hydrogens is 254 g/mol. The van der Waals surface area contributed by atoms with Crippen LogP contribution in [0.15, 0.2) is 24.3 Å². The van der Waals surface area contributed by atoms with Crippen LogP contribution in [-0.2, 0) is 13.0 Å². The number of benzene rings is 1. The predicted octanol–water partition coefficient (Wildman–Crippen LogP) is 5.33. The summed E-state index contributed by atoms with van der Waals surface area (Å²) in [4.78, 5) is 0. The van der Waals surface area contributed by atoms with E-state index in [4.69, 9.17) is 0 Å². The molecule has 118 valence electrons. The molecule has 0 aromatic heterocycles. The third kappa shape index (κ3) is 4.57. The van der Waals surface area contributed by atoms with Crippen LogP contribution in [0.2, 0.25) is 0 Å². The van der Waals surface area contributed by atoms with Crippen molar-refractivity contribution in [2.24, 2.45) is 11.3 Å². The molecule has 0 saturated heterocycles. The molecule has 1 N–H and O–H groups in total. The standard InChI is InChI=1S/C20H33N/c1-5-16-7-9-17(10-8-16)15-21-19-13-11-18(12-14-19)20(3,4)6-2/h7-10,18-19,21H,5-6,11-15H2,1-4H3. The molecule has 1 nitrogen and oxygen atoms in total. The Kier molecular flexibility index (Phi) is 5.87. The van der Waals surface area contributed by atoms with Gasteiger partial charge < -0.3 is 5.32 Å². The van der Waals surface area contributed by atoms with Gasteiger partial charge in [-0.05, 0) is 54.6 Å². The van der Waals surface area contributed by atoms with Crippen molar-refractivity contribution in [3.63, 3.8) is 0 Å². The number of rotatable bonds is 6. The molecule has 1 aromatic carbocycles. The van der Waals surface area contributed by atoms with Gasteiger partial charge in [0.25, 0.3) is 0 Å². The quantitative estimate of drug-likeness (QED) is 0.745. The van der Waals surface area contributed by atoms with Crippen molar-refractivity contribution in [1.29, 1.82) is 0 Å². The smallest absolute Gasteiger partial charge is 0.0208 e. The van der Waals surface area contributed by atoms with E-state index in [1.165, 1.54) is 43.2 Å². The molecule has 0 radical (unpaired) electrons. The van der Waals surface area contributed by atoms with Gasteiger partial charge in [0.15, 0.2) is 0 Å². The summed E-state index contributed by atoms with van der Waals surface area (Å²) in [6.07, 6.45) is 7.92. The van der Waals surface area contributed by atoms with E-state index in [1.807, 2.05) is 0 Å². The summed E-state index contributed by atoms with van der Waals surface area (Å²) in [5.74, 6) is 0.921. The maximum absolute atomic E-state index is 3.77. The first-order chi connectivity index (χ1) is 10.0. The van der Waals surface area contributed by atoms with E-state index >= 15 is 0 Å². The Morgan fingerprint density at radius 2 is 1.52 bits per heavy atom. The topological polar surface area (TPSA) is 12.0 Å². The van der Waals surface area contributed by atoms with Crippen molar-refractivity contribution in [2.45, 2.75) is 78.8 Å². The van der Waals surface area contributed by atoms with Crippen LogP contribution < -0.4 is 5.32 Å². The van der Waals surface area contributed by atoms with E-state index < -0.39 is 0 Å². The normalized spacial score (nSPS) is 23.2. The van der Waals surface area contributed by atoms with Gasteiger partial charge in [-0.1, -0.05) is 58.4 Å². The molecule has 1 aromatic rings. The van der Waals surface area contributed by atoms with Crippen LogP contribution in [0.1, 0.15) is 70.9 Å².